The first-order chi connectivity index (χ1) is 4.12. The van der Waals surface area contributed by atoms with Gasteiger partial charge in [-0.15, -0.1) is 0 Å². The summed E-state index contributed by atoms with van der Waals surface area (Å²) in [5.41, 5.74) is 0. The minimum Gasteiger partial charge on any atom is -0.799 e. The summed E-state index contributed by atoms with van der Waals surface area (Å²) in [6.07, 6.45) is 2.48. The van der Waals surface area contributed by atoms with Gasteiger partial charge in [-0.1, -0.05) is 20.3 Å². The maximum absolute atomic E-state index is 10.8. The van der Waals surface area contributed by atoms with Gasteiger partial charge in [0.15, 0.2) is 0 Å². The summed E-state index contributed by atoms with van der Waals surface area (Å²) in [6, 6.07) is 0. The van der Waals surface area contributed by atoms with Gasteiger partial charge in [-0.2, -0.15) is 0 Å². The summed E-state index contributed by atoms with van der Waals surface area (Å²) >= 11 is 0. The van der Waals surface area contributed by atoms with Crippen LogP contribution >= 0.6 is 7.37 Å². The van der Waals surface area contributed by atoms with Gasteiger partial charge < -0.3 is 15.6 Å². The van der Waals surface area contributed by atoms with E-state index in [0.29, 0.717) is 12.3 Å². The average molecular weight is 167 g/mol. The average Bonchev–Trinajstić information content (AvgIpc) is 1.84. The second-order valence-corrected chi connectivity index (χ2v) is 4.92. The van der Waals surface area contributed by atoms with Crippen molar-refractivity contribution in [2.75, 3.05) is 12.3 Å². The molecule has 4 heteroatoms. The number of hydrogen-bond donors (Lipinski definition) is 1. The molecule has 0 aliphatic carbocycles. The zero-order valence-electron chi connectivity index (χ0n) is 7.09. The van der Waals surface area contributed by atoms with Crippen molar-refractivity contribution in [2.24, 2.45) is 0 Å². The molecule has 1 atom stereocenters. The molecule has 0 saturated carbocycles. The minimum atomic E-state index is -2.94. The Morgan fingerprint density at radius 3 is 2.20 bits per heavy atom. The third-order valence-electron chi connectivity index (χ3n) is 1.33. The van der Waals surface area contributed by atoms with E-state index in [9.17, 15) is 9.46 Å². The Labute approximate surface area is 62.9 Å². The van der Waals surface area contributed by atoms with E-state index >= 15 is 0 Å². The largest absolute Gasteiger partial charge is 0.799 e. The van der Waals surface area contributed by atoms with Crippen LogP contribution in [0.2, 0.25) is 0 Å². The molecule has 0 amide bonds. The van der Waals surface area contributed by atoms with Gasteiger partial charge in [0.2, 0.25) is 0 Å². The number of hydrogen-bond acceptors (Lipinski definition) is 2. The quantitative estimate of drug-likeness (QED) is 0.648. The Morgan fingerprint density at radius 1 is 1.40 bits per heavy atom. The van der Waals surface area contributed by atoms with Crippen LogP contribution in [0.15, 0.2) is 0 Å². The molecule has 0 aromatic carbocycles. The molecular weight excluding hydrogens is 149 g/mol. The summed E-state index contributed by atoms with van der Waals surface area (Å²) in [5, 5.41) is 0. The van der Waals surface area contributed by atoms with E-state index in [4.69, 9.17) is 0 Å². The smallest absolute Gasteiger partial charge is 0.0145 e. The maximum Gasteiger partial charge on any atom is 0.0145 e. The normalized spacial score (nSPS) is 15.5. The van der Waals surface area contributed by atoms with Crippen LogP contribution in [0.3, 0.4) is 0 Å². The lowest BCUT2D eigenvalue weighted by molar-refractivity contribution is -0.174. The molecule has 0 aromatic rings. The molecule has 0 aliphatic heterocycles. The molecule has 1 unspecified atom stereocenters. The topological polar surface area (TPSA) is 76.6 Å². The first-order valence-electron chi connectivity index (χ1n) is 3.41. The highest BCUT2D eigenvalue weighted by molar-refractivity contribution is 7.56. The monoisotopic (exact) mass is 167 g/mol. The molecule has 0 heterocycles. The fraction of sp³-hybridized carbons (Fsp3) is 1.00. The lowest BCUT2D eigenvalue weighted by atomic mass is 10.4. The van der Waals surface area contributed by atoms with Gasteiger partial charge in [-0.05, 0) is 18.7 Å². The van der Waals surface area contributed by atoms with Crippen LogP contribution in [-0.4, -0.2) is 12.3 Å². The maximum atomic E-state index is 10.8. The van der Waals surface area contributed by atoms with Crippen LogP contribution in [0.25, 0.3) is 0 Å². The van der Waals surface area contributed by atoms with E-state index in [0.717, 1.165) is 12.8 Å². The van der Waals surface area contributed by atoms with Crippen molar-refractivity contribution >= 4 is 7.37 Å². The first-order valence-corrected chi connectivity index (χ1v) is 5.41. The molecular formula is C6H18NO2P. The molecule has 10 heavy (non-hydrogen) atoms. The summed E-state index contributed by atoms with van der Waals surface area (Å²) in [4.78, 5) is 10.8. The van der Waals surface area contributed by atoms with Crippen molar-refractivity contribution in [3.05, 3.63) is 0 Å². The zero-order valence-corrected chi connectivity index (χ0v) is 7.99. The SMILES string of the molecule is CCCCP(=O)([O-])CC.[NH4+]. The standard InChI is InChI=1S/C6H15O2P.H3N/c1-3-5-6-9(7,8)4-2;/h3-6H2,1-2H3,(H,7,8);1H3. The predicted octanol–water partition coefficient (Wildman–Crippen LogP) is 1.82. The summed E-state index contributed by atoms with van der Waals surface area (Å²) in [6.45, 7) is 3.69. The van der Waals surface area contributed by atoms with E-state index in [1.807, 2.05) is 6.92 Å². The third kappa shape index (κ3) is 6.27. The second kappa shape index (κ2) is 5.90. The molecule has 64 valence electrons. The van der Waals surface area contributed by atoms with Gasteiger partial charge >= 0.3 is 0 Å². The third-order valence-corrected chi connectivity index (χ3v) is 3.30. The zero-order chi connectivity index (χ0) is 7.33. The Kier molecular flexibility index (Phi) is 7.55. The molecule has 0 rings (SSSR count). The van der Waals surface area contributed by atoms with Crippen LogP contribution < -0.4 is 11.0 Å². The number of rotatable bonds is 4. The van der Waals surface area contributed by atoms with Gasteiger partial charge in [-0.25, -0.2) is 0 Å². The summed E-state index contributed by atoms with van der Waals surface area (Å²) in [5.74, 6) is 0. The highest BCUT2D eigenvalue weighted by atomic mass is 31.2. The molecule has 0 aliphatic rings. The second-order valence-electron chi connectivity index (χ2n) is 2.21. The molecule has 3 nitrogen and oxygen atoms in total. The fourth-order valence-electron chi connectivity index (χ4n) is 0.557. The van der Waals surface area contributed by atoms with Crippen LogP contribution in [0.4, 0.5) is 0 Å². The summed E-state index contributed by atoms with van der Waals surface area (Å²) < 4.78 is 10.8. The Balaban J connectivity index is 0. The highest BCUT2D eigenvalue weighted by Gasteiger charge is 2.01. The van der Waals surface area contributed by atoms with E-state index in [2.05, 4.69) is 0 Å². The molecule has 0 aromatic heterocycles. The Hall–Kier alpha value is 0.150. The van der Waals surface area contributed by atoms with Crippen LogP contribution in [0.1, 0.15) is 26.7 Å². The summed E-state index contributed by atoms with van der Waals surface area (Å²) in [7, 11) is -2.94. The van der Waals surface area contributed by atoms with Gasteiger partial charge in [0.25, 0.3) is 0 Å². The molecule has 0 fully saturated rings. The van der Waals surface area contributed by atoms with Crippen molar-refractivity contribution < 1.29 is 9.46 Å². The van der Waals surface area contributed by atoms with Crippen molar-refractivity contribution in [3.63, 3.8) is 0 Å². The minimum absolute atomic E-state index is 0. The van der Waals surface area contributed by atoms with Crippen molar-refractivity contribution in [3.8, 4) is 0 Å². The lowest BCUT2D eigenvalue weighted by Gasteiger charge is -2.20. The molecule has 0 spiro atoms. The van der Waals surface area contributed by atoms with Crippen LogP contribution in [0.5, 0.6) is 0 Å². The predicted molar refractivity (Wildman–Crippen MR) is 43.9 cm³/mol. The first kappa shape index (κ1) is 12.8. The number of quaternary nitrogens is 1. The van der Waals surface area contributed by atoms with Gasteiger partial charge in [0.05, 0.1) is 0 Å². The van der Waals surface area contributed by atoms with Gasteiger partial charge in [0.1, 0.15) is 0 Å². The molecule has 0 bridgehead atoms. The van der Waals surface area contributed by atoms with Crippen LogP contribution in [0, 0.1) is 0 Å². The van der Waals surface area contributed by atoms with E-state index in [-0.39, 0.29) is 6.15 Å². The highest BCUT2D eigenvalue weighted by Crippen LogP contribution is 2.35. The Bertz CT molecular complexity index is 116. The molecule has 0 saturated heterocycles. The van der Waals surface area contributed by atoms with Crippen LogP contribution in [-0.2, 0) is 4.57 Å². The van der Waals surface area contributed by atoms with E-state index < -0.39 is 7.37 Å². The van der Waals surface area contributed by atoms with E-state index in [1.54, 1.807) is 6.92 Å². The van der Waals surface area contributed by atoms with Crippen molar-refractivity contribution in [1.29, 1.82) is 0 Å². The lowest BCUT2D eigenvalue weighted by Crippen LogP contribution is -2.06. The molecule has 0 radical (unpaired) electrons. The van der Waals surface area contributed by atoms with E-state index in [1.165, 1.54) is 0 Å². The molecule has 4 N–H and O–H groups in total. The van der Waals surface area contributed by atoms with Crippen molar-refractivity contribution in [1.82, 2.24) is 6.15 Å². The Morgan fingerprint density at radius 2 is 1.90 bits per heavy atom. The van der Waals surface area contributed by atoms with Gasteiger partial charge in [0, 0.05) is 7.37 Å². The fourth-order valence-corrected chi connectivity index (χ4v) is 1.67. The van der Waals surface area contributed by atoms with Crippen molar-refractivity contribution in [2.45, 2.75) is 26.7 Å². The number of unbranched alkanes of at least 4 members (excludes halogenated alkanes) is 1. The van der Waals surface area contributed by atoms with Gasteiger partial charge in [-0.3, -0.25) is 0 Å².